The van der Waals surface area contributed by atoms with Crippen molar-refractivity contribution in [2.45, 2.75) is 4.90 Å². The lowest BCUT2D eigenvalue weighted by Gasteiger charge is -2.26. The molecule has 1 fully saturated rings. The summed E-state index contributed by atoms with van der Waals surface area (Å²) in [5.41, 5.74) is 0. The number of nitrogens with zero attached hydrogens (tertiary/aromatic N) is 1. The van der Waals surface area contributed by atoms with Crippen LogP contribution in [0.5, 0.6) is 17.2 Å². The van der Waals surface area contributed by atoms with E-state index >= 15 is 0 Å². The topological polar surface area (TPSA) is 67.9 Å². The molecule has 2 aromatic rings. The van der Waals surface area contributed by atoms with Gasteiger partial charge in [0.15, 0.2) is 0 Å². The standard InChI is InChI=1S/C17H20N2O4S/c1-22-14-2-4-15(5-3-14)23-16-6-8-17(9-7-16)24(20,21)19-12-10-18-11-13-19/h2-9,18H,10-13H2,1H3. The molecule has 0 amide bonds. The maximum absolute atomic E-state index is 12.6. The Bertz CT molecular complexity index is 767. The fourth-order valence-electron chi connectivity index (χ4n) is 2.49. The molecule has 0 aliphatic carbocycles. The van der Waals surface area contributed by atoms with Gasteiger partial charge in [-0.25, -0.2) is 8.42 Å². The number of sulfonamides is 1. The van der Waals surface area contributed by atoms with Crippen LogP contribution in [-0.4, -0.2) is 46.0 Å². The van der Waals surface area contributed by atoms with Crippen LogP contribution < -0.4 is 14.8 Å². The molecule has 0 radical (unpaired) electrons. The minimum atomic E-state index is -3.44. The highest BCUT2D eigenvalue weighted by Crippen LogP contribution is 2.25. The summed E-state index contributed by atoms with van der Waals surface area (Å²) in [5, 5.41) is 3.15. The lowest BCUT2D eigenvalue weighted by Crippen LogP contribution is -2.46. The quantitative estimate of drug-likeness (QED) is 0.896. The van der Waals surface area contributed by atoms with Crippen LogP contribution >= 0.6 is 0 Å². The van der Waals surface area contributed by atoms with Crippen molar-refractivity contribution in [2.75, 3.05) is 33.3 Å². The summed E-state index contributed by atoms with van der Waals surface area (Å²) in [6, 6.07) is 13.7. The highest BCUT2D eigenvalue weighted by molar-refractivity contribution is 7.89. The largest absolute Gasteiger partial charge is 0.497 e. The monoisotopic (exact) mass is 348 g/mol. The zero-order chi connectivity index (χ0) is 17.0. The molecule has 1 saturated heterocycles. The molecule has 1 aliphatic rings. The van der Waals surface area contributed by atoms with E-state index in [1.54, 1.807) is 55.6 Å². The van der Waals surface area contributed by atoms with E-state index in [4.69, 9.17) is 9.47 Å². The first-order valence-electron chi connectivity index (χ1n) is 7.72. The highest BCUT2D eigenvalue weighted by atomic mass is 32.2. The van der Waals surface area contributed by atoms with E-state index in [9.17, 15) is 8.42 Å². The molecule has 1 aliphatic heterocycles. The molecule has 7 heteroatoms. The van der Waals surface area contributed by atoms with E-state index < -0.39 is 10.0 Å². The second kappa shape index (κ2) is 7.21. The number of hydrogen-bond acceptors (Lipinski definition) is 5. The molecule has 0 unspecified atom stereocenters. The Hall–Kier alpha value is -2.09. The summed E-state index contributed by atoms with van der Waals surface area (Å²) in [5.74, 6) is 1.99. The average Bonchev–Trinajstić information content (AvgIpc) is 2.63. The van der Waals surface area contributed by atoms with Gasteiger partial charge in [0.1, 0.15) is 17.2 Å². The molecule has 0 saturated carbocycles. The Kier molecular flexibility index (Phi) is 5.03. The van der Waals surface area contributed by atoms with Crippen LogP contribution in [0.2, 0.25) is 0 Å². The molecule has 0 spiro atoms. The molecule has 24 heavy (non-hydrogen) atoms. The Balaban J connectivity index is 1.72. The highest BCUT2D eigenvalue weighted by Gasteiger charge is 2.25. The Morgan fingerprint density at radius 3 is 1.92 bits per heavy atom. The van der Waals surface area contributed by atoms with Gasteiger partial charge in [0, 0.05) is 26.2 Å². The van der Waals surface area contributed by atoms with E-state index in [1.807, 2.05) is 0 Å². The number of rotatable bonds is 5. The third-order valence-corrected chi connectivity index (χ3v) is 5.75. The molecule has 1 N–H and O–H groups in total. The smallest absolute Gasteiger partial charge is 0.243 e. The van der Waals surface area contributed by atoms with E-state index in [-0.39, 0.29) is 4.90 Å². The summed E-state index contributed by atoms with van der Waals surface area (Å²) in [7, 11) is -1.83. The normalized spacial score (nSPS) is 15.9. The van der Waals surface area contributed by atoms with Crippen molar-refractivity contribution in [3.8, 4) is 17.2 Å². The van der Waals surface area contributed by atoms with Crippen molar-refractivity contribution in [1.29, 1.82) is 0 Å². The zero-order valence-corrected chi connectivity index (χ0v) is 14.3. The van der Waals surface area contributed by atoms with Gasteiger partial charge in [0.2, 0.25) is 10.0 Å². The Morgan fingerprint density at radius 2 is 1.38 bits per heavy atom. The first-order valence-corrected chi connectivity index (χ1v) is 9.16. The third-order valence-electron chi connectivity index (χ3n) is 3.83. The molecule has 0 atom stereocenters. The Morgan fingerprint density at radius 1 is 0.875 bits per heavy atom. The van der Waals surface area contributed by atoms with Crippen LogP contribution in [0, 0.1) is 0 Å². The molecule has 128 valence electrons. The van der Waals surface area contributed by atoms with Crippen molar-refractivity contribution in [1.82, 2.24) is 9.62 Å². The van der Waals surface area contributed by atoms with Crippen LogP contribution in [0.25, 0.3) is 0 Å². The van der Waals surface area contributed by atoms with Gasteiger partial charge in [-0.3, -0.25) is 0 Å². The van der Waals surface area contributed by atoms with Gasteiger partial charge in [-0.05, 0) is 48.5 Å². The van der Waals surface area contributed by atoms with Crippen molar-refractivity contribution in [3.05, 3.63) is 48.5 Å². The van der Waals surface area contributed by atoms with Crippen molar-refractivity contribution in [2.24, 2.45) is 0 Å². The molecule has 3 rings (SSSR count). The first-order chi connectivity index (χ1) is 11.6. The Labute approximate surface area is 142 Å². The molecular formula is C17H20N2O4S. The third kappa shape index (κ3) is 3.69. The van der Waals surface area contributed by atoms with Crippen LogP contribution in [0.1, 0.15) is 0 Å². The summed E-state index contributed by atoms with van der Waals surface area (Å²) in [6.45, 7) is 2.34. The number of ether oxygens (including phenoxy) is 2. The first kappa shape index (κ1) is 16.8. The van der Waals surface area contributed by atoms with Crippen molar-refractivity contribution < 1.29 is 17.9 Å². The minimum Gasteiger partial charge on any atom is -0.497 e. The number of methoxy groups -OCH3 is 1. The van der Waals surface area contributed by atoms with Crippen LogP contribution in [0.3, 0.4) is 0 Å². The maximum atomic E-state index is 12.6. The molecule has 0 bridgehead atoms. The summed E-state index contributed by atoms with van der Waals surface area (Å²) >= 11 is 0. The summed E-state index contributed by atoms with van der Waals surface area (Å²) in [4.78, 5) is 0.284. The van der Waals surface area contributed by atoms with Gasteiger partial charge >= 0.3 is 0 Å². The van der Waals surface area contributed by atoms with Crippen molar-refractivity contribution in [3.63, 3.8) is 0 Å². The molecule has 2 aromatic carbocycles. The van der Waals surface area contributed by atoms with Gasteiger partial charge in [-0.1, -0.05) is 0 Å². The van der Waals surface area contributed by atoms with E-state index in [2.05, 4.69) is 5.32 Å². The van der Waals surface area contributed by atoms with Gasteiger partial charge in [0.05, 0.1) is 12.0 Å². The number of piperazine rings is 1. The zero-order valence-electron chi connectivity index (χ0n) is 13.4. The summed E-state index contributed by atoms with van der Waals surface area (Å²) in [6.07, 6.45) is 0. The fourth-order valence-corrected chi connectivity index (χ4v) is 3.93. The minimum absolute atomic E-state index is 0.284. The second-order valence-corrected chi connectivity index (χ2v) is 7.34. The molecule has 6 nitrogen and oxygen atoms in total. The predicted octanol–water partition coefficient (Wildman–Crippen LogP) is 2.08. The summed E-state index contributed by atoms with van der Waals surface area (Å²) < 4.78 is 37.5. The predicted molar refractivity (Wildman–Crippen MR) is 91.1 cm³/mol. The molecular weight excluding hydrogens is 328 g/mol. The van der Waals surface area contributed by atoms with Gasteiger partial charge in [0.25, 0.3) is 0 Å². The average molecular weight is 348 g/mol. The van der Waals surface area contributed by atoms with Crippen LogP contribution in [0.15, 0.2) is 53.4 Å². The van der Waals surface area contributed by atoms with Crippen LogP contribution in [-0.2, 0) is 10.0 Å². The molecule has 1 heterocycles. The van der Waals surface area contributed by atoms with E-state index in [0.717, 1.165) is 5.75 Å². The SMILES string of the molecule is COc1ccc(Oc2ccc(S(=O)(=O)N3CCNCC3)cc2)cc1. The number of nitrogens with one attached hydrogen (secondary N) is 1. The lowest BCUT2D eigenvalue weighted by atomic mass is 10.3. The maximum Gasteiger partial charge on any atom is 0.243 e. The van der Waals surface area contributed by atoms with E-state index in [0.29, 0.717) is 37.7 Å². The second-order valence-electron chi connectivity index (χ2n) is 5.40. The van der Waals surface area contributed by atoms with E-state index in [1.165, 1.54) is 4.31 Å². The fraction of sp³-hybridized carbons (Fsp3) is 0.294. The number of hydrogen-bond donors (Lipinski definition) is 1. The van der Waals surface area contributed by atoms with Gasteiger partial charge in [-0.2, -0.15) is 4.31 Å². The number of benzene rings is 2. The van der Waals surface area contributed by atoms with Gasteiger partial charge in [-0.15, -0.1) is 0 Å². The van der Waals surface area contributed by atoms with Crippen LogP contribution in [0.4, 0.5) is 0 Å². The molecule has 0 aromatic heterocycles. The lowest BCUT2D eigenvalue weighted by molar-refractivity contribution is 0.360. The van der Waals surface area contributed by atoms with Crippen molar-refractivity contribution >= 4 is 10.0 Å². The van der Waals surface area contributed by atoms with Gasteiger partial charge < -0.3 is 14.8 Å².